The van der Waals surface area contributed by atoms with Gasteiger partial charge in [0.15, 0.2) is 0 Å². The second-order valence-electron chi connectivity index (χ2n) is 6.42. The average molecular weight is 350 g/mol. The summed E-state index contributed by atoms with van der Waals surface area (Å²) in [6, 6.07) is 9.29. The molecule has 1 aliphatic rings. The molecule has 1 N–H and O–H groups in total. The predicted octanol–water partition coefficient (Wildman–Crippen LogP) is 1.25. The number of methoxy groups -OCH3 is 1. The molecule has 1 aromatic rings. The van der Waals surface area contributed by atoms with E-state index in [4.69, 9.17) is 9.47 Å². The Morgan fingerprint density at radius 1 is 1.44 bits per heavy atom. The molecule has 1 amide bonds. The quantitative estimate of drug-likeness (QED) is 0.726. The first-order chi connectivity index (χ1) is 12.1. The number of amides is 1. The minimum atomic E-state index is -0.311. The van der Waals surface area contributed by atoms with E-state index in [0.717, 1.165) is 19.5 Å². The monoisotopic (exact) mass is 350 g/mol. The second kappa shape index (κ2) is 10.5. The van der Waals surface area contributed by atoms with Crippen molar-refractivity contribution in [3.05, 3.63) is 35.9 Å². The molecule has 140 valence electrons. The number of hydrogen-bond acceptors (Lipinski definition) is 5. The van der Waals surface area contributed by atoms with Gasteiger partial charge in [-0.3, -0.25) is 9.69 Å². The largest absolute Gasteiger partial charge is 0.392 e. The number of aliphatic hydroxyl groups is 1. The molecule has 2 rings (SSSR count). The van der Waals surface area contributed by atoms with Gasteiger partial charge in [-0.25, -0.2) is 0 Å². The van der Waals surface area contributed by atoms with Crippen LogP contribution in [-0.2, 0) is 9.47 Å². The third-order valence-corrected chi connectivity index (χ3v) is 4.46. The van der Waals surface area contributed by atoms with Crippen molar-refractivity contribution in [1.29, 1.82) is 0 Å². The molecule has 1 saturated heterocycles. The number of hydrogen-bond donors (Lipinski definition) is 1. The minimum Gasteiger partial charge on any atom is -0.392 e. The summed E-state index contributed by atoms with van der Waals surface area (Å²) >= 11 is 0. The van der Waals surface area contributed by atoms with Crippen LogP contribution in [0.4, 0.5) is 0 Å². The van der Waals surface area contributed by atoms with Crippen molar-refractivity contribution >= 4 is 5.91 Å². The van der Waals surface area contributed by atoms with Crippen LogP contribution < -0.4 is 0 Å². The van der Waals surface area contributed by atoms with Crippen molar-refractivity contribution in [2.45, 2.75) is 25.6 Å². The lowest BCUT2D eigenvalue weighted by molar-refractivity contribution is -0.0517. The Morgan fingerprint density at radius 2 is 2.20 bits per heavy atom. The van der Waals surface area contributed by atoms with Gasteiger partial charge >= 0.3 is 0 Å². The molecule has 1 aromatic carbocycles. The maximum Gasteiger partial charge on any atom is 0.254 e. The van der Waals surface area contributed by atoms with Crippen LogP contribution in [0.25, 0.3) is 0 Å². The lowest BCUT2D eigenvalue weighted by atomic mass is 10.1. The molecule has 0 saturated carbocycles. The number of nitrogens with zero attached hydrogens (tertiary/aromatic N) is 2. The topological polar surface area (TPSA) is 62.2 Å². The Bertz CT molecular complexity index is 511. The number of rotatable bonds is 9. The number of benzene rings is 1. The summed E-state index contributed by atoms with van der Waals surface area (Å²) in [5.41, 5.74) is 0.674. The summed E-state index contributed by atoms with van der Waals surface area (Å²) in [7, 11) is 1.64. The van der Waals surface area contributed by atoms with Crippen LogP contribution in [0.1, 0.15) is 23.7 Å². The van der Waals surface area contributed by atoms with Crippen LogP contribution in [0.3, 0.4) is 0 Å². The number of aliphatic hydroxyl groups excluding tert-OH is 1. The average Bonchev–Trinajstić information content (AvgIpc) is 2.65. The maximum absolute atomic E-state index is 12.8. The van der Waals surface area contributed by atoms with Crippen molar-refractivity contribution in [2.75, 3.05) is 53.0 Å². The highest BCUT2D eigenvalue weighted by molar-refractivity contribution is 5.94. The lowest BCUT2D eigenvalue weighted by Gasteiger charge is -2.36. The van der Waals surface area contributed by atoms with E-state index in [0.29, 0.717) is 38.4 Å². The molecule has 0 radical (unpaired) electrons. The summed E-state index contributed by atoms with van der Waals surface area (Å²) < 4.78 is 11.0. The number of β-amino-alcohol motifs (C(OH)–C–C–N with tert-alkyl or cyclic N) is 1. The fourth-order valence-corrected chi connectivity index (χ4v) is 2.97. The molecule has 1 fully saturated rings. The summed E-state index contributed by atoms with van der Waals surface area (Å²) in [4.78, 5) is 16.8. The zero-order valence-corrected chi connectivity index (χ0v) is 15.3. The first-order valence-electron chi connectivity index (χ1n) is 8.99. The second-order valence-corrected chi connectivity index (χ2v) is 6.42. The number of ether oxygens (including phenoxy) is 2. The zero-order chi connectivity index (χ0) is 18.1. The van der Waals surface area contributed by atoms with Crippen molar-refractivity contribution in [3.63, 3.8) is 0 Å². The maximum atomic E-state index is 12.8. The smallest absolute Gasteiger partial charge is 0.254 e. The summed E-state index contributed by atoms with van der Waals surface area (Å²) in [6.45, 7) is 6.34. The molecule has 0 unspecified atom stereocenters. The Morgan fingerprint density at radius 3 is 2.88 bits per heavy atom. The fourth-order valence-electron chi connectivity index (χ4n) is 2.97. The van der Waals surface area contributed by atoms with Crippen LogP contribution in [0.5, 0.6) is 0 Å². The Kier molecular flexibility index (Phi) is 8.34. The van der Waals surface area contributed by atoms with Crippen molar-refractivity contribution < 1.29 is 19.4 Å². The number of carbonyl (C=O) groups is 1. The lowest BCUT2D eigenvalue weighted by Crippen LogP contribution is -2.50. The van der Waals surface area contributed by atoms with Gasteiger partial charge in [0.1, 0.15) is 0 Å². The SMILES string of the molecule is CC[C@H](O)CN1CCO[C@@H](CN(CCOC)C(=O)c2ccccc2)C1. The van der Waals surface area contributed by atoms with E-state index in [1.807, 2.05) is 37.3 Å². The first-order valence-corrected chi connectivity index (χ1v) is 8.99. The highest BCUT2D eigenvalue weighted by atomic mass is 16.5. The van der Waals surface area contributed by atoms with Gasteiger partial charge in [0.05, 0.1) is 25.4 Å². The van der Waals surface area contributed by atoms with E-state index in [-0.39, 0.29) is 18.1 Å². The minimum absolute atomic E-state index is 0.00744. The molecule has 6 heteroatoms. The highest BCUT2D eigenvalue weighted by Gasteiger charge is 2.26. The summed E-state index contributed by atoms with van der Waals surface area (Å²) in [5.74, 6) is -0.00744. The number of morpholine rings is 1. The van der Waals surface area contributed by atoms with Crippen LogP contribution in [0.15, 0.2) is 30.3 Å². The fraction of sp³-hybridized carbons (Fsp3) is 0.632. The number of carbonyl (C=O) groups excluding carboxylic acids is 1. The van der Waals surface area contributed by atoms with Gasteiger partial charge in [-0.15, -0.1) is 0 Å². The van der Waals surface area contributed by atoms with E-state index < -0.39 is 0 Å². The zero-order valence-electron chi connectivity index (χ0n) is 15.3. The van der Waals surface area contributed by atoms with Crippen molar-refractivity contribution in [3.8, 4) is 0 Å². The van der Waals surface area contributed by atoms with E-state index in [1.54, 1.807) is 12.0 Å². The van der Waals surface area contributed by atoms with Crippen molar-refractivity contribution in [2.24, 2.45) is 0 Å². The van der Waals surface area contributed by atoms with Gasteiger partial charge in [0.2, 0.25) is 0 Å². The third kappa shape index (κ3) is 6.40. The predicted molar refractivity (Wildman–Crippen MR) is 96.7 cm³/mol. The van der Waals surface area contributed by atoms with Gasteiger partial charge in [-0.05, 0) is 18.6 Å². The normalized spacial score (nSPS) is 19.6. The summed E-state index contributed by atoms with van der Waals surface area (Å²) in [5, 5.41) is 9.87. The molecule has 0 aliphatic carbocycles. The Labute approximate surface area is 150 Å². The van der Waals surface area contributed by atoms with Gasteiger partial charge in [-0.2, -0.15) is 0 Å². The van der Waals surface area contributed by atoms with Crippen molar-refractivity contribution in [1.82, 2.24) is 9.80 Å². The molecule has 25 heavy (non-hydrogen) atoms. The van der Waals surface area contributed by atoms with E-state index >= 15 is 0 Å². The third-order valence-electron chi connectivity index (χ3n) is 4.46. The van der Waals surface area contributed by atoms with E-state index in [9.17, 15) is 9.90 Å². The Balaban J connectivity index is 1.97. The molecular formula is C19H30N2O4. The van der Waals surface area contributed by atoms with Crippen LogP contribution in [0, 0.1) is 0 Å². The summed E-state index contributed by atoms with van der Waals surface area (Å²) in [6.07, 6.45) is 0.380. The standard InChI is InChI=1S/C19H30N2O4/c1-3-17(22)13-20-9-12-25-18(14-20)15-21(10-11-24-2)19(23)16-7-5-4-6-8-16/h4-8,17-18,22H,3,9-15H2,1-2H3/t17-,18+/m0/s1. The molecule has 0 aromatic heterocycles. The molecule has 6 nitrogen and oxygen atoms in total. The molecule has 1 aliphatic heterocycles. The van der Waals surface area contributed by atoms with E-state index in [1.165, 1.54) is 0 Å². The highest BCUT2D eigenvalue weighted by Crippen LogP contribution is 2.11. The molecule has 0 bridgehead atoms. The molecular weight excluding hydrogens is 320 g/mol. The van der Waals surface area contributed by atoms with Crippen LogP contribution in [-0.4, -0.2) is 86.1 Å². The Hall–Kier alpha value is -1.47. The van der Waals surface area contributed by atoms with Gasteiger partial charge in [0.25, 0.3) is 5.91 Å². The van der Waals surface area contributed by atoms with Gasteiger partial charge in [0, 0.05) is 45.4 Å². The van der Waals surface area contributed by atoms with Gasteiger partial charge in [-0.1, -0.05) is 25.1 Å². The van der Waals surface area contributed by atoms with Crippen LogP contribution >= 0.6 is 0 Å². The molecule has 1 heterocycles. The van der Waals surface area contributed by atoms with Gasteiger partial charge < -0.3 is 19.5 Å². The molecule has 0 spiro atoms. The van der Waals surface area contributed by atoms with E-state index in [2.05, 4.69) is 4.90 Å². The first kappa shape index (κ1) is 19.8. The van der Waals surface area contributed by atoms with Crippen LogP contribution in [0.2, 0.25) is 0 Å². The molecule has 2 atom stereocenters.